The van der Waals surface area contributed by atoms with Gasteiger partial charge in [0, 0.05) is 11.5 Å². The molecule has 0 aromatic heterocycles. The molecule has 1 aliphatic carbocycles. The number of hydrogen-bond acceptors (Lipinski definition) is 4. The first-order valence-corrected chi connectivity index (χ1v) is 11.0. The number of allylic oxidation sites excluding steroid dienone is 1. The number of benzene rings is 3. The Kier molecular flexibility index (Phi) is 5.28. The Hall–Kier alpha value is -3.08. The highest BCUT2D eigenvalue weighted by atomic mass is 35.5. The van der Waals surface area contributed by atoms with E-state index >= 15 is 0 Å². The summed E-state index contributed by atoms with van der Waals surface area (Å²) >= 11 is 12.4. The number of rotatable bonds is 4. The van der Waals surface area contributed by atoms with Gasteiger partial charge in [-0.15, -0.1) is 0 Å². The Labute approximate surface area is 195 Å². The normalized spacial score (nSPS) is 21.2. The monoisotopic (exact) mass is 464 g/mol. The topological polar surface area (TPSA) is 52.6 Å². The lowest BCUT2D eigenvalue weighted by atomic mass is 9.67. The van der Waals surface area contributed by atoms with Crippen LogP contribution in [0, 0.1) is 0 Å². The molecule has 1 spiro atoms. The maximum atomic E-state index is 13.5. The average molecular weight is 465 g/mol. The van der Waals surface area contributed by atoms with Crippen molar-refractivity contribution in [2.45, 2.75) is 24.4 Å². The van der Waals surface area contributed by atoms with Gasteiger partial charge in [0.25, 0.3) is 0 Å². The fraction of sp³-hybridized carbons (Fsp3) is 0.154. The molecule has 32 heavy (non-hydrogen) atoms. The second-order valence-electron chi connectivity index (χ2n) is 7.84. The molecule has 0 bridgehead atoms. The summed E-state index contributed by atoms with van der Waals surface area (Å²) in [6.07, 6.45) is 2.24. The highest BCUT2D eigenvalue weighted by Crippen LogP contribution is 2.58. The van der Waals surface area contributed by atoms with Crippen molar-refractivity contribution in [3.63, 3.8) is 0 Å². The summed E-state index contributed by atoms with van der Waals surface area (Å²) < 4.78 is 11.3. The minimum Gasteiger partial charge on any atom is -0.457 e. The van der Waals surface area contributed by atoms with Crippen molar-refractivity contribution in [3.8, 4) is 5.75 Å². The predicted octanol–water partition coefficient (Wildman–Crippen LogP) is 6.01. The summed E-state index contributed by atoms with van der Waals surface area (Å²) in [5.74, 6) is -0.959. The molecule has 160 valence electrons. The van der Waals surface area contributed by atoms with E-state index in [1.165, 1.54) is 0 Å². The Morgan fingerprint density at radius 1 is 1.00 bits per heavy atom. The largest absolute Gasteiger partial charge is 0.457 e. The average Bonchev–Trinajstić information content (AvgIpc) is 3.34. The lowest BCUT2D eigenvalue weighted by Crippen LogP contribution is -2.41. The molecule has 1 heterocycles. The van der Waals surface area contributed by atoms with Gasteiger partial charge in [-0.2, -0.15) is 0 Å². The highest BCUT2D eigenvalue weighted by Gasteiger charge is 2.61. The molecule has 3 aromatic carbocycles. The molecule has 0 radical (unpaired) electrons. The van der Waals surface area contributed by atoms with E-state index in [1.54, 1.807) is 30.3 Å². The molecule has 3 aromatic rings. The van der Waals surface area contributed by atoms with Crippen LogP contribution in [0.1, 0.15) is 29.0 Å². The number of ether oxygens (including phenoxy) is 2. The zero-order valence-electron chi connectivity index (χ0n) is 16.9. The molecule has 2 unspecified atom stereocenters. The number of fused-ring (bicyclic) bond motifs is 2. The van der Waals surface area contributed by atoms with Gasteiger partial charge < -0.3 is 9.47 Å². The predicted molar refractivity (Wildman–Crippen MR) is 122 cm³/mol. The quantitative estimate of drug-likeness (QED) is 0.350. The van der Waals surface area contributed by atoms with Crippen LogP contribution in [0.25, 0.3) is 0 Å². The maximum Gasteiger partial charge on any atom is 0.335 e. The molecular weight excluding hydrogens is 447 g/mol. The van der Waals surface area contributed by atoms with Gasteiger partial charge in [-0.25, -0.2) is 4.79 Å². The summed E-state index contributed by atoms with van der Waals surface area (Å²) in [4.78, 5) is 26.7. The third-order valence-electron chi connectivity index (χ3n) is 6.12. The van der Waals surface area contributed by atoms with E-state index in [0.717, 1.165) is 11.1 Å². The van der Waals surface area contributed by atoms with E-state index in [1.807, 2.05) is 48.5 Å². The van der Waals surface area contributed by atoms with Gasteiger partial charge in [0.2, 0.25) is 0 Å². The summed E-state index contributed by atoms with van der Waals surface area (Å²) in [5.41, 5.74) is 1.31. The van der Waals surface area contributed by atoms with E-state index in [9.17, 15) is 9.59 Å². The molecule has 0 N–H and O–H groups in total. The van der Waals surface area contributed by atoms with Crippen molar-refractivity contribution >= 4 is 35.1 Å². The zero-order chi connectivity index (χ0) is 22.3. The van der Waals surface area contributed by atoms with E-state index in [-0.39, 0.29) is 12.5 Å². The molecule has 0 fully saturated rings. The number of esters is 2. The first-order valence-electron chi connectivity index (χ1n) is 10.2. The van der Waals surface area contributed by atoms with Crippen LogP contribution >= 0.6 is 23.2 Å². The molecule has 2 atom stereocenters. The van der Waals surface area contributed by atoms with Crippen LogP contribution < -0.4 is 4.74 Å². The van der Waals surface area contributed by atoms with Crippen molar-refractivity contribution in [2.75, 3.05) is 0 Å². The smallest absolute Gasteiger partial charge is 0.335 e. The summed E-state index contributed by atoms with van der Waals surface area (Å²) in [6, 6.07) is 21.9. The SMILES string of the molecule is O=C(OCc1ccccc1)C1=CCC(c2ccc(Cl)c(Cl)c2)C12C(=O)Oc1ccccc12. The summed E-state index contributed by atoms with van der Waals surface area (Å²) in [6.45, 7) is 0.112. The maximum absolute atomic E-state index is 13.5. The second-order valence-corrected chi connectivity index (χ2v) is 8.65. The molecule has 5 rings (SSSR count). The Morgan fingerprint density at radius 2 is 1.75 bits per heavy atom. The first-order chi connectivity index (χ1) is 15.5. The van der Waals surface area contributed by atoms with Crippen molar-refractivity contribution in [1.82, 2.24) is 0 Å². The van der Waals surface area contributed by atoms with Gasteiger partial charge in [-0.05, 0) is 35.7 Å². The van der Waals surface area contributed by atoms with Gasteiger partial charge >= 0.3 is 11.9 Å². The van der Waals surface area contributed by atoms with Gasteiger partial charge in [0.1, 0.15) is 17.8 Å². The number of carbonyl (C=O) groups is 2. The Balaban J connectivity index is 1.57. The molecule has 0 amide bonds. The number of para-hydroxylation sites is 1. The van der Waals surface area contributed by atoms with Crippen LogP contribution in [0.15, 0.2) is 84.4 Å². The molecule has 1 aliphatic heterocycles. The number of halogens is 2. The van der Waals surface area contributed by atoms with Crippen LogP contribution in [-0.2, 0) is 26.3 Å². The van der Waals surface area contributed by atoms with Crippen molar-refractivity contribution in [2.24, 2.45) is 0 Å². The third kappa shape index (κ3) is 3.22. The number of carbonyl (C=O) groups excluding carboxylic acids is 2. The Morgan fingerprint density at radius 3 is 2.53 bits per heavy atom. The van der Waals surface area contributed by atoms with Crippen LogP contribution in [0.4, 0.5) is 0 Å². The molecule has 2 aliphatic rings. The molecule has 4 nitrogen and oxygen atoms in total. The second kappa shape index (κ2) is 8.12. The molecule has 6 heteroatoms. The highest BCUT2D eigenvalue weighted by molar-refractivity contribution is 6.42. The van der Waals surface area contributed by atoms with E-state index in [4.69, 9.17) is 32.7 Å². The van der Waals surface area contributed by atoms with E-state index < -0.39 is 17.4 Å². The van der Waals surface area contributed by atoms with Crippen molar-refractivity contribution < 1.29 is 19.1 Å². The summed E-state index contributed by atoms with van der Waals surface area (Å²) in [7, 11) is 0. The molecule has 0 saturated carbocycles. The molecule has 0 saturated heterocycles. The standard InChI is InChI=1S/C26H18Cl2O4/c27-21-13-10-17(14-22(21)28)18-11-12-20(24(29)31-15-16-6-2-1-3-7-16)26(18)19-8-4-5-9-23(19)32-25(26)30/h1-10,12-14,18H,11,15H2. The fourth-order valence-corrected chi connectivity index (χ4v) is 4.98. The van der Waals surface area contributed by atoms with Crippen LogP contribution in [0.2, 0.25) is 10.0 Å². The first kappa shape index (κ1) is 20.8. The van der Waals surface area contributed by atoms with Gasteiger partial charge in [0.15, 0.2) is 0 Å². The minimum atomic E-state index is -1.30. The lowest BCUT2D eigenvalue weighted by molar-refractivity contribution is -0.145. The van der Waals surface area contributed by atoms with Gasteiger partial charge in [-0.3, -0.25) is 4.79 Å². The van der Waals surface area contributed by atoms with Crippen LogP contribution in [0.5, 0.6) is 5.75 Å². The third-order valence-corrected chi connectivity index (χ3v) is 6.86. The Bertz CT molecular complexity index is 1250. The van der Waals surface area contributed by atoms with Gasteiger partial charge in [0.05, 0.1) is 15.6 Å². The fourth-order valence-electron chi connectivity index (χ4n) is 4.68. The lowest BCUT2D eigenvalue weighted by Gasteiger charge is -2.31. The minimum absolute atomic E-state index is 0.112. The van der Waals surface area contributed by atoms with E-state index in [0.29, 0.717) is 33.4 Å². The zero-order valence-corrected chi connectivity index (χ0v) is 18.4. The van der Waals surface area contributed by atoms with E-state index in [2.05, 4.69) is 0 Å². The van der Waals surface area contributed by atoms with Crippen molar-refractivity contribution in [1.29, 1.82) is 0 Å². The van der Waals surface area contributed by atoms with Crippen LogP contribution in [-0.4, -0.2) is 11.9 Å². The number of hydrogen-bond donors (Lipinski definition) is 0. The van der Waals surface area contributed by atoms with Gasteiger partial charge in [-0.1, -0.05) is 83.9 Å². The van der Waals surface area contributed by atoms with Crippen LogP contribution in [0.3, 0.4) is 0 Å². The summed E-state index contributed by atoms with van der Waals surface area (Å²) in [5, 5.41) is 0.811. The van der Waals surface area contributed by atoms with Crippen molar-refractivity contribution in [3.05, 3.63) is 111 Å². The molecular formula is C26H18Cl2O4.